The number of hydrogen-bond donors (Lipinski definition) is 2. The SMILES string of the molecule is CCCNC(=O)CCNC1CCN2CCCC12. The van der Waals surface area contributed by atoms with Crippen molar-refractivity contribution < 1.29 is 4.79 Å². The minimum Gasteiger partial charge on any atom is -0.356 e. The number of carbonyl (C=O) groups is 1. The van der Waals surface area contributed by atoms with Crippen LogP contribution in [0.25, 0.3) is 0 Å². The summed E-state index contributed by atoms with van der Waals surface area (Å²) in [6.45, 7) is 6.22. The monoisotopic (exact) mass is 239 g/mol. The van der Waals surface area contributed by atoms with Crippen molar-refractivity contribution in [1.29, 1.82) is 0 Å². The molecule has 2 rings (SSSR count). The Morgan fingerprint density at radius 3 is 3.00 bits per heavy atom. The Morgan fingerprint density at radius 1 is 1.29 bits per heavy atom. The first-order valence-electron chi connectivity index (χ1n) is 7.05. The first-order valence-corrected chi connectivity index (χ1v) is 7.05. The highest BCUT2D eigenvalue weighted by Crippen LogP contribution is 2.27. The van der Waals surface area contributed by atoms with Crippen molar-refractivity contribution in [3.8, 4) is 0 Å². The van der Waals surface area contributed by atoms with Crippen LogP contribution in [-0.4, -0.2) is 49.1 Å². The van der Waals surface area contributed by atoms with Crippen LogP contribution in [0, 0.1) is 0 Å². The van der Waals surface area contributed by atoms with E-state index in [9.17, 15) is 4.79 Å². The van der Waals surface area contributed by atoms with Gasteiger partial charge in [0.05, 0.1) is 0 Å². The molecule has 4 heteroatoms. The normalized spacial score (nSPS) is 28.3. The lowest BCUT2D eigenvalue weighted by Gasteiger charge is -2.21. The minimum atomic E-state index is 0.181. The van der Waals surface area contributed by atoms with E-state index in [4.69, 9.17) is 0 Å². The molecule has 17 heavy (non-hydrogen) atoms. The van der Waals surface area contributed by atoms with Crippen molar-refractivity contribution in [2.45, 2.75) is 51.1 Å². The number of fused-ring (bicyclic) bond motifs is 1. The molecule has 0 aromatic heterocycles. The van der Waals surface area contributed by atoms with E-state index in [2.05, 4.69) is 22.5 Å². The molecule has 0 aliphatic carbocycles. The highest BCUT2D eigenvalue weighted by Gasteiger charge is 2.36. The van der Waals surface area contributed by atoms with Crippen LogP contribution >= 0.6 is 0 Å². The van der Waals surface area contributed by atoms with Crippen LogP contribution in [0.15, 0.2) is 0 Å². The van der Waals surface area contributed by atoms with Gasteiger partial charge in [0, 0.05) is 38.1 Å². The molecule has 0 spiro atoms. The summed E-state index contributed by atoms with van der Waals surface area (Å²) in [5.74, 6) is 0.181. The number of hydrogen-bond acceptors (Lipinski definition) is 3. The number of nitrogens with one attached hydrogen (secondary N) is 2. The van der Waals surface area contributed by atoms with Gasteiger partial charge >= 0.3 is 0 Å². The second-order valence-corrected chi connectivity index (χ2v) is 5.19. The lowest BCUT2D eigenvalue weighted by molar-refractivity contribution is -0.121. The number of nitrogens with zero attached hydrogens (tertiary/aromatic N) is 1. The van der Waals surface area contributed by atoms with Crippen molar-refractivity contribution in [3.63, 3.8) is 0 Å². The van der Waals surface area contributed by atoms with Gasteiger partial charge < -0.3 is 10.6 Å². The summed E-state index contributed by atoms with van der Waals surface area (Å²) in [5.41, 5.74) is 0. The van der Waals surface area contributed by atoms with Crippen molar-refractivity contribution in [1.82, 2.24) is 15.5 Å². The van der Waals surface area contributed by atoms with Crippen LogP contribution in [0.2, 0.25) is 0 Å². The number of rotatable bonds is 6. The maximum Gasteiger partial charge on any atom is 0.221 e. The highest BCUT2D eigenvalue weighted by molar-refractivity contribution is 5.75. The highest BCUT2D eigenvalue weighted by atomic mass is 16.1. The van der Waals surface area contributed by atoms with Crippen LogP contribution in [0.4, 0.5) is 0 Å². The zero-order valence-electron chi connectivity index (χ0n) is 10.9. The molecule has 98 valence electrons. The predicted molar refractivity (Wildman–Crippen MR) is 68.9 cm³/mol. The van der Waals surface area contributed by atoms with E-state index in [1.807, 2.05) is 0 Å². The van der Waals surface area contributed by atoms with Crippen molar-refractivity contribution in [2.24, 2.45) is 0 Å². The van der Waals surface area contributed by atoms with Crippen LogP contribution in [0.3, 0.4) is 0 Å². The van der Waals surface area contributed by atoms with E-state index in [0.29, 0.717) is 12.5 Å². The van der Waals surface area contributed by atoms with Crippen molar-refractivity contribution in [2.75, 3.05) is 26.2 Å². The third-order valence-corrected chi connectivity index (χ3v) is 3.94. The third kappa shape index (κ3) is 3.42. The molecule has 0 radical (unpaired) electrons. The van der Waals surface area contributed by atoms with E-state index in [-0.39, 0.29) is 5.91 Å². The van der Waals surface area contributed by atoms with Crippen LogP contribution in [0.5, 0.6) is 0 Å². The van der Waals surface area contributed by atoms with Gasteiger partial charge in [-0.25, -0.2) is 0 Å². The summed E-state index contributed by atoms with van der Waals surface area (Å²) in [6, 6.07) is 1.37. The molecule has 2 unspecified atom stereocenters. The average molecular weight is 239 g/mol. The van der Waals surface area contributed by atoms with Gasteiger partial charge in [-0.3, -0.25) is 9.69 Å². The quantitative estimate of drug-likeness (QED) is 0.718. The summed E-state index contributed by atoms with van der Waals surface area (Å²) in [4.78, 5) is 14.0. The fraction of sp³-hybridized carbons (Fsp3) is 0.923. The summed E-state index contributed by atoms with van der Waals surface area (Å²) < 4.78 is 0. The smallest absolute Gasteiger partial charge is 0.221 e. The summed E-state index contributed by atoms with van der Waals surface area (Å²) in [5, 5.41) is 6.47. The van der Waals surface area contributed by atoms with Gasteiger partial charge in [0.15, 0.2) is 0 Å². The van der Waals surface area contributed by atoms with Crippen LogP contribution in [0.1, 0.15) is 39.0 Å². The van der Waals surface area contributed by atoms with Gasteiger partial charge in [0.2, 0.25) is 5.91 Å². The second-order valence-electron chi connectivity index (χ2n) is 5.19. The lowest BCUT2D eigenvalue weighted by Crippen LogP contribution is -2.40. The molecule has 2 N–H and O–H groups in total. The molecular formula is C13H25N3O. The Kier molecular flexibility index (Phi) is 4.80. The zero-order chi connectivity index (χ0) is 12.1. The largest absolute Gasteiger partial charge is 0.356 e. The fourth-order valence-corrected chi connectivity index (χ4v) is 3.04. The van der Waals surface area contributed by atoms with Gasteiger partial charge in [-0.05, 0) is 32.2 Å². The standard InChI is InChI=1S/C13H25N3O/c1-2-7-15-13(17)5-8-14-11-6-10-16-9-3-4-12(11)16/h11-12,14H,2-10H2,1H3,(H,15,17). The third-order valence-electron chi connectivity index (χ3n) is 3.94. The van der Waals surface area contributed by atoms with Gasteiger partial charge in [-0.2, -0.15) is 0 Å². The maximum atomic E-state index is 11.4. The topological polar surface area (TPSA) is 44.4 Å². The zero-order valence-corrected chi connectivity index (χ0v) is 10.9. The Labute approximate surface area is 104 Å². The molecule has 2 aliphatic heterocycles. The van der Waals surface area contributed by atoms with Crippen LogP contribution < -0.4 is 10.6 Å². The Hall–Kier alpha value is -0.610. The van der Waals surface area contributed by atoms with Gasteiger partial charge in [-0.1, -0.05) is 6.92 Å². The molecule has 0 bridgehead atoms. The summed E-state index contributed by atoms with van der Waals surface area (Å²) >= 11 is 0. The van der Waals surface area contributed by atoms with E-state index in [0.717, 1.165) is 25.6 Å². The van der Waals surface area contributed by atoms with Gasteiger partial charge in [0.25, 0.3) is 0 Å². The Bertz CT molecular complexity index is 257. The molecule has 2 aliphatic rings. The summed E-state index contributed by atoms with van der Waals surface area (Å²) in [6.07, 6.45) is 5.56. The lowest BCUT2D eigenvalue weighted by atomic mass is 10.1. The van der Waals surface area contributed by atoms with Crippen molar-refractivity contribution in [3.05, 3.63) is 0 Å². The second kappa shape index (κ2) is 6.36. The van der Waals surface area contributed by atoms with Crippen LogP contribution in [-0.2, 0) is 4.79 Å². The molecule has 0 saturated carbocycles. The molecule has 1 amide bonds. The predicted octanol–water partition coefficient (Wildman–Crippen LogP) is 0.729. The number of amides is 1. The fourth-order valence-electron chi connectivity index (χ4n) is 3.04. The molecule has 0 aromatic rings. The molecule has 2 saturated heterocycles. The van der Waals surface area contributed by atoms with Gasteiger partial charge in [-0.15, -0.1) is 0 Å². The van der Waals surface area contributed by atoms with E-state index < -0.39 is 0 Å². The van der Waals surface area contributed by atoms with E-state index >= 15 is 0 Å². The maximum absolute atomic E-state index is 11.4. The Balaban J connectivity index is 1.60. The number of carbonyl (C=O) groups excluding carboxylic acids is 1. The molecule has 4 nitrogen and oxygen atoms in total. The molecular weight excluding hydrogens is 214 g/mol. The Morgan fingerprint density at radius 2 is 2.18 bits per heavy atom. The van der Waals surface area contributed by atoms with E-state index in [1.165, 1.54) is 32.4 Å². The molecule has 2 fully saturated rings. The van der Waals surface area contributed by atoms with E-state index in [1.54, 1.807) is 0 Å². The van der Waals surface area contributed by atoms with Gasteiger partial charge in [0.1, 0.15) is 0 Å². The summed E-state index contributed by atoms with van der Waals surface area (Å²) in [7, 11) is 0. The first-order chi connectivity index (χ1) is 8.31. The molecule has 2 heterocycles. The molecule has 0 aromatic carbocycles. The average Bonchev–Trinajstić information content (AvgIpc) is 2.90. The minimum absolute atomic E-state index is 0.181. The first kappa shape index (κ1) is 12.8. The molecule has 2 atom stereocenters. The van der Waals surface area contributed by atoms with Crippen molar-refractivity contribution >= 4 is 5.91 Å².